The summed E-state index contributed by atoms with van der Waals surface area (Å²) in [6.45, 7) is 8.67. The molecule has 5 nitrogen and oxygen atoms in total. The van der Waals surface area contributed by atoms with Crippen LogP contribution in [0, 0.1) is 5.92 Å². The minimum atomic E-state index is 0.384. The smallest absolute Gasteiger partial charge is 0.141 e. The van der Waals surface area contributed by atoms with Crippen LogP contribution < -0.4 is 5.32 Å². The van der Waals surface area contributed by atoms with Gasteiger partial charge >= 0.3 is 0 Å². The normalized spacial score (nSPS) is 17.8. The quantitative estimate of drug-likeness (QED) is 0.856. The SMILES string of the molecule is CC(C)n1ncnc1CN(C)CC1CCNCC1. The lowest BCUT2D eigenvalue weighted by Crippen LogP contribution is -2.34. The van der Waals surface area contributed by atoms with Gasteiger partial charge in [0.25, 0.3) is 0 Å². The molecule has 1 saturated heterocycles. The maximum absolute atomic E-state index is 4.37. The Morgan fingerprint density at radius 1 is 1.44 bits per heavy atom. The molecule has 18 heavy (non-hydrogen) atoms. The molecule has 1 aliphatic heterocycles. The maximum atomic E-state index is 4.37. The lowest BCUT2D eigenvalue weighted by molar-refractivity contribution is 0.226. The summed E-state index contributed by atoms with van der Waals surface area (Å²) in [6.07, 6.45) is 4.25. The van der Waals surface area contributed by atoms with Crippen LogP contribution in [-0.2, 0) is 6.54 Å². The molecule has 1 N–H and O–H groups in total. The van der Waals surface area contributed by atoms with Gasteiger partial charge in [0.1, 0.15) is 12.2 Å². The topological polar surface area (TPSA) is 46.0 Å². The number of nitrogens with zero attached hydrogens (tertiary/aromatic N) is 4. The van der Waals surface area contributed by atoms with E-state index in [-0.39, 0.29) is 0 Å². The van der Waals surface area contributed by atoms with Crippen molar-refractivity contribution in [1.29, 1.82) is 0 Å². The molecule has 0 atom stereocenters. The second kappa shape index (κ2) is 6.29. The van der Waals surface area contributed by atoms with Gasteiger partial charge in [-0.15, -0.1) is 0 Å². The summed E-state index contributed by atoms with van der Waals surface area (Å²) in [7, 11) is 2.18. The van der Waals surface area contributed by atoms with Crippen LogP contribution in [-0.4, -0.2) is 46.3 Å². The monoisotopic (exact) mass is 251 g/mol. The van der Waals surface area contributed by atoms with Crippen LogP contribution in [0.25, 0.3) is 0 Å². The molecule has 0 aromatic carbocycles. The second-order valence-corrected chi connectivity index (χ2v) is 5.60. The Morgan fingerprint density at radius 3 is 2.83 bits per heavy atom. The fourth-order valence-corrected chi connectivity index (χ4v) is 2.63. The molecule has 1 fully saturated rings. The standard InChI is InChI=1S/C13H25N5/c1-11(2)18-13(15-10-16-18)9-17(3)8-12-4-6-14-7-5-12/h10-12,14H,4-9H2,1-3H3. The van der Waals surface area contributed by atoms with E-state index in [1.807, 2.05) is 4.68 Å². The molecule has 0 bridgehead atoms. The third-order valence-corrected chi connectivity index (χ3v) is 3.58. The van der Waals surface area contributed by atoms with E-state index in [0.717, 1.165) is 24.8 Å². The van der Waals surface area contributed by atoms with Gasteiger partial charge in [-0.2, -0.15) is 5.10 Å². The van der Waals surface area contributed by atoms with Crippen molar-refractivity contribution in [3.8, 4) is 0 Å². The largest absolute Gasteiger partial charge is 0.317 e. The zero-order valence-corrected chi connectivity index (χ0v) is 11.8. The molecule has 0 aliphatic carbocycles. The van der Waals surface area contributed by atoms with Crippen molar-refractivity contribution in [2.24, 2.45) is 5.92 Å². The molecule has 0 saturated carbocycles. The van der Waals surface area contributed by atoms with Crippen molar-refractivity contribution < 1.29 is 0 Å². The Labute approximate surface area is 110 Å². The first-order chi connectivity index (χ1) is 8.66. The predicted molar refractivity (Wildman–Crippen MR) is 72.3 cm³/mol. The lowest BCUT2D eigenvalue weighted by atomic mass is 9.98. The van der Waals surface area contributed by atoms with E-state index in [4.69, 9.17) is 0 Å². The van der Waals surface area contributed by atoms with Crippen molar-refractivity contribution in [1.82, 2.24) is 25.0 Å². The fraction of sp³-hybridized carbons (Fsp3) is 0.846. The second-order valence-electron chi connectivity index (χ2n) is 5.60. The number of piperidine rings is 1. The minimum Gasteiger partial charge on any atom is -0.317 e. The number of rotatable bonds is 5. The van der Waals surface area contributed by atoms with E-state index in [1.54, 1.807) is 6.33 Å². The Balaban J connectivity index is 1.86. The average Bonchev–Trinajstić information content (AvgIpc) is 2.78. The first-order valence-electron chi connectivity index (χ1n) is 6.94. The van der Waals surface area contributed by atoms with Gasteiger partial charge in [-0.05, 0) is 52.7 Å². The van der Waals surface area contributed by atoms with Gasteiger partial charge in [-0.3, -0.25) is 4.90 Å². The van der Waals surface area contributed by atoms with Crippen molar-refractivity contribution in [3.63, 3.8) is 0 Å². The summed E-state index contributed by atoms with van der Waals surface area (Å²) in [5.41, 5.74) is 0. The molecule has 0 radical (unpaired) electrons. The van der Waals surface area contributed by atoms with Crippen molar-refractivity contribution in [3.05, 3.63) is 12.2 Å². The van der Waals surface area contributed by atoms with Crippen molar-refractivity contribution in [2.45, 2.75) is 39.3 Å². The highest BCUT2D eigenvalue weighted by Gasteiger charge is 2.16. The first kappa shape index (κ1) is 13.5. The summed E-state index contributed by atoms with van der Waals surface area (Å²) in [6, 6.07) is 0.384. The van der Waals surface area contributed by atoms with Gasteiger partial charge in [0.05, 0.1) is 6.54 Å². The maximum Gasteiger partial charge on any atom is 0.141 e. The molecular formula is C13H25N5. The summed E-state index contributed by atoms with van der Waals surface area (Å²) >= 11 is 0. The minimum absolute atomic E-state index is 0.384. The molecule has 2 rings (SSSR count). The molecule has 0 spiro atoms. The summed E-state index contributed by atoms with van der Waals surface area (Å²) in [5.74, 6) is 1.90. The summed E-state index contributed by atoms with van der Waals surface area (Å²) in [4.78, 5) is 6.74. The zero-order chi connectivity index (χ0) is 13.0. The molecule has 0 amide bonds. The molecule has 102 valence electrons. The van der Waals surface area contributed by atoms with Crippen LogP contribution >= 0.6 is 0 Å². The van der Waals surface area contributed by atoms with Gasteiger partial charge in [0.15, 0.2) is 0 Å². The van der Waals surface area contributed by atoms with Crippen LogP contribution in [0.3, 0.4) is 0 Å². The number of aromatic nitrogens is 3. The molecular weight excluding hydrogens is 226 g/mol. The average molecular weight is 251 g/mol. The van der Waals surface area contributed by atoms with Crippen LogP contribution in [0.5, 0.6) is 0 Å². The van der Waals surface area contributed by atoms with Crippen LogP contribution in [0.4, 0.5) is 0 Å². The van der Waals surface area contributed by atoms with Crippen molar-refractivity contribution in [2.75, 3.05) is 26.7 Å². The summed E-state index contributed by atoms with van der Waals surface area (Å²) in [5, 5.41) is 7.70. The van der Waals surface area contributed by atoms with E-state index < -0.39 is 0 Å². The Morgan fingerprint density at radius 2 is 2.17 bits per heavy atom. The van der Waals surface area contributed by atoms with Crippen molar-refractivity contribution >= 4 is 0 Å². The summed E-state index contributed by atoms with van der Waals surface area (Å²) < 4.78 is 2.01. The van der Waals surface area contributed by atoms with Crippen LogP contribution in [0.2, 0.25) is 0 Å². The van der Waals surface area contributed by atoms with Gasteiger partial charge in [-0.25, -0.2) is 9.67 Å². The molecule has 5 heteroatoms. The number of nitrogens with one attached hydrogen (secondary N) is 1. The van der Waals surface area contributed by atoms with E-state index in [2.05, 4.69) is 41.2 Å². The van der Waals surface area contributed by atoms with Gasteiger partial charge in [0.2, 0.25) is 0 Å². The van der Waals surface area contributed by atoms with E-state index in [1.165, 1.54) is 25.9 Å². The highest BCUT2D eigenvalue weighted by molar-refractivity contribution is 4.86. The van der Waals surface area contributed by atoms with E-state index in [0.29, 0.717) is 6.04 Å². The van der Waals surface area contributed by atoms with Crippen LogP contribution in [0.15, 0.2) is 6.33 Å². The lowest BCUT2D eigenvalue weighted by Gasteiger charge is -2.27. The van der Waals surface area contributed by atoms with Crippen LogP contribution in [0.1, 0.15) is 38.6 Å². The Kier molecular flexibility index (Phi) is 4.72. The predicted octanol–water partition coefficient (Wildman–Crippen LogP) is 1.29. The third kappa shape index (κ3) is 3.53. The molecule has 1 aromatic heterocycles. The Bertz CT molecular complexity index is 354. The van der Waals surface area contributed by atoms with E-state index in [9.17, 15) is 0 Å². The first-order valence-corrected chi connectivity index (χ1v) is 6.94. The van der Waals surface area contributed by atoms with Gasteiger partial charge < -0.3 is 5.32 Å². The molecule has 2 heterocycles. The molecule has 1 aliphatic rings. The molecule has 1 aromatic rings. The third-order valence-electron chi connectivity index (χ3n) is 3.58. The Hall–Kier alpha value is -0.940. The molecule has 0 unspecified atom stereocenters. The van der Waals surface area contributed by atoms with E-state index >= 15 is 0 Å². The number of hydrogen-bond acceptors (Lipinski definition) is 4. The zero-order valence-electron chi connectivity index (χ0n) is 11.8. The van der Waals surface area contributed by atoms with Gasteiger partial charge in [0, 0.05) is 12.6 Å². The highest BCUT2D eigenvalue weighted by Crippen LogP contribution is 2.14. The number of hydrogen-bond donors (Lipinski definition) is 1. The highest BCUT2D eigenvalue weighted by atomic mass is 15.4. The van der Waals surface area contributed by atoms with Gasteiger partial charge in [-0.1, -0.05) is 0 Å². The fourth-order valence-electron chi connectivity index (χ4n) is 2.63.